The zero-order valence-corrected chi connectivity index (χ0v) is 20.5. The van der Waals surface area contributed by atoms with Crippen molar-refractivity contribution in [2.24, 2.45) is 5.92 Å². The molecule has 2 aliphatic carbocycles. The number of anilines is 2. The molecule has 0 bridgehead atoms. The predicted molar refractivity (Wildman–Crippen MR) is 110 cm³/mol. The summed E-state index contributed by atoms with van der Waals surface area (Å²) in [4.78, 5) is 24.2. The van der Waals surface area contributed by atoms with Crippen molar-refractivity contribution in [1.82, 2.24) is 19.5 Å². The number of hydrogen-bond acceptors (Lipinski definition) is 12. The molecule has 6 N–H and O–H groups in total. The number of carboxylic acid groups (broad SMARTS) is 1. The van der Waals surface area contributed by atoms with Gasteiger partial charge in [-0.1, -0.05) is 12.2 Å². The van der Waals surface area contributed by atoms with E-state index in [9.17, 15) is 25.2 Å². The number of allylic oxidation sites excluding steroid dienone is 1. The summed E-state index contributed by atoms with van der Waals surface area (Å²) in [7, 11) is 0. The molecule has 0 spiro atoms. The van der Waals surface area contributed by atoms with E-state index in [1.165, 1.54) is 0 Å². The number of carboxylic acids is 1. The number of carbonyl (C=O) groups is 1. The molecule has 0 amide bonds. The van der Waals surface area contributed by atoms with Crippen LogP contribution >= 0.6 is 0 Å². The van der Waals surface area contributed by atoms with Crippen LogP contribution < -0.4 is 45.7 Å². The summed E-state index contributed by atoms with van der Waals surface area (Å²) >= 11 is 0. The molecule has 0 radical (unpaired) electrons. The number of aromatic nitrogens is 4. The number of nitrogens with one attached hydrogen (secondary N) is 1. The van der Waals surface area contributed by atoms with Crippen molar-refractivity contribution in [2.45, 2.75) is 62.1 Å². The number of aliphatic hydroxyl groups excluding tert-OH is 3. The third-order valence-electron chi connectivity index (χ3n) is 6.14. The third-order valence-corrected chi connectivity index (χ3v) is 6.14. The number of imidazole rings is 1. The van der Waals surface area contributed by atoms with Gasteiger partial charge in [-0.15, -0.1) is 0 Å². The number of fused-ring (bicyclic) bond motifs is 1. The fourth-order valence-corrected chi connectivity index (χ4v) is 4.18. The van der Waals surface area contributed by atoms with Crippen LogP contribution in [0.5, 0.6) is 0 Å². The standard InChI is InChI=1S/C20H26N6O7.Na/c21-20-24-16(23-9-2-3-9)11-17(25-20)26(7-22-11)10-4-1-8(5-10)6-32-19-14(29)12(27)13(28)15(33-19)18(30)31;/h1,4,7-10,12-15,19,27-29H,2-3,5-6H2,(H,30,31)(H3,21,23,24,25);/q;+1/p-1/t8-,10+,12+,13+,14-,15+,19-;/m1./s1. The van der Waals surface area contributed by atoms with Gasteiger partial charge < -0.3 is 50.3 Å². The van der Waals surface area contributed by atoms with Crippen molar-refractivity contribution in [3.05, 3.63) is 18.5 Å². The first-order chi connectivity index (χ1) is 15.8. The molecule has 3 aliphatic rings. The minimum Gasteiger partial charge on any atom is -0.547 e. The van der Waals surface area contributed by atoms with Gasteiger partial charge in [-0.25, -0.2) is 4.98 Å². The van der Waals surface area contributed by atoms with Crippen LogP contribution in [0.2, 0.25) is 0 Å². The second kappa shape index (κ2) is 10.0. The molecule has 3 heterocycles. The van der Waals surface area contributed by atoms with Crippen LogP contribution in [0.3, 0.4) is 0 Å². The second-order valence-electron chi connectivity index (χ2n) is 8.67. The quantitative estimate of drug-likeness (QED) is 0.185. The normalized spacial score (nSPS) is 33.1. The first kappa shape index (κ1) is 25.3. The largest absolute Gasteiger partial charge is 1.00 e. The van der Waals surface area contributed by atoms with E-state index in [4.69, 9.17) is 15.2 Å². The monoisotopic (exact) mass is 484 g/mol. The Bertz CT molecular complexity index is 1080. The van der Waals surface area contributed by atoms with Gasteiger partial charge in [0.15, 0.2) is 23.3 Å². The zero-order chi connectivity index (χ0) is 23.3. The number of hydrogen-bond donors (Lipinski definition) is 5. The van der Waals surface area contributed by atoms with Crippen LogP contribution in [0.1, 0.15) is 25.3 Å². The molecule has 1 saturated heterocycles. The molecule has 2 fully saturated rings. The Labute approximate surface area is 216 Å². The Morgan fingerprint density at radius 1 is 1.24 bits per heavy atom. The van der Waals surface area contributed by atoms with Crippen LogP contribution in [0.4, 0.5) is 11.8 Å². The maximum absolute atomic E-state index is 11.1. The van der Waals surface area contributed by atoms with Gasteiger partial charge in [-0.3, -0.25) is 0 Å². The molecule has 0 unspecified atom stereocenters. The number of rotatable bonds is 7. The number of ether oxygens (including phenoxy) is 2. The minimum absolute atomic E-state index is 0. The SMILES string of the molecule is Nc1nc(NC2CC2)c2ncn([C@H]3C=C[C@@H](CO[C@@H]4O[C@H](C(=O)[O-])[C@@H](O)[C@H](O)[C@H]4O)C3)c2n1.[Na+]. The van der Waals surface area contributed by atoms with Crippen molar-refractivity contribution < 1.29 is 64.3 Å². The summed E-state index contributed by atoms with van der Waals surface area (Å²) < 4.78 is 12.6. The number of carbonyl (C=O) groups excluding carboxylic acids is 1. The first-order valence-electron chi connectivity index (χ1n) is 10.8. The summed E-state index contributed by atoms with van der Waals surface area (Å²) in [6, 6.07) is 0.307. The number of nitrogens with two attached hydrogens (primary N) is 1. The summed E-state index contributed by atoms with van der Waals surface area (Å²) in [5, 5.41) is 44.2. The van der Waals surface area contributed by atoms with E-state index in [2.05, 4.69) is 20.3 Å². The fourth-order valence-electron chi connectivity index (χ4n) is 4.18. The van der Waals surface area contributed by atoms with Crippen LogP contribution in [0.15, 0.2) is 18.5 Å². The van der Waals surface area contributed by atoms with Gasteiger partial charge in [-0.2, -0.15) is 9.97 Å². The molecular weight excluding hydrogens is 459 g/mol. The average Bonchev–Trinajstić information content (AvgIpc) is 3.29. The molecule has 13 nitrogen and oxygen atoms in total. The van der Waals surface area contributed by atoms with Crippen molar-refractivity contribution in [2.75, 3.05) is 17.7 Å². The molecule has 7 atom stereocenters. The summed E-state index contributed by atoms with van der Waals surface area (Å²) in [5.41, 5.74) is 7.16. The van der Waals surface area contributed by atoms with E-state index in [0.29, 0.717) is 29.4 Å². The zero-order valence-electron chi connectivity index (χ0n) is 18.5. The molecule has 2 aromatic heterocycles. The van der Waals surface area contributed by atoms with Gasteiger partial charge in [0.2, 0.25) is 5.95 Å². The molecular formula is C20H25N6NaO7. The Morgan fingerprint density at radius 2 is 2.00 bits per heavy atom. The Hall–Kier alpha value is -1.84. The minimum atomic E-state index is -1.82. The summed E-state index contributed by atoms with van der Waals surface area (Å²) in [6.45, 7) is 0.0928. The molecule has 2 aromatic rings. The van der Waals surface area contributed by atoms with Crippen LogP contribution in [0, 0.1) is 5.92 Å². The molecule has 0 aromatic carbocycles. The molecule has 1 aliphatic heterocycles. The van der Waals surface area contributed by atoms with Crippen molar-refractivity contribution in [1.29, 1.82) is 0 Å². The summed E-state index contributed by atoms with van der Waals surface area (Å²) in [6.07, 6.45) is -0.00336. The summed E-state index contributed by atoms with van der Waals surface area (Å²) in [5.74, 6) is -1.02. The van der Waals surface area contributed by atoms with Crippen molar-refractivity contribution >= 4 is 28.9 Å². The number of nitrogen functional groups attached to an aromatic ring is 1. The molecule has 34 heavy (non-hydrogen) atoms. The maximum Gasteiger partial charge on any atom is 1.00 e. The Morgan fingerprint density at radius 3 is 2.71 bits per heavy atom. The number of aliphatic hydroxyl groups is 3. The molecule has 5 rings (SSSR count). The van der Waals surface area contributed by atoms with Gasteiger partial charge in [0.25, 0.3) is 0 Å². The van der Waals surface area contributed by atoms with E-state index in [1.54, 1.807) is 6.33 Å². The third kappa shape index (κ3) is 4.93. The predicted octanol–water partition coefficient (Wildman–Crippen LogP) is -5.32. The fraction of sp³-hybridized carbons (Fsp3) is 0.600. The van der Waals surface area contributed by atoms with Crippen molar-refractivity contribution in [3.8, 4) is 0 Å². The van der Waals surface area contributed by atoms with Crippen LogP contribution in [-0.2, 0) is 14.3 Å². The van der Waals surface area contributed by atoms with E-state index >= 15 is 0 Å². The number of aliphatic carboxylic acids is 1. The molecule has 1 saturated carbocycles. The smallest absolute Gasteiger partial charge is 0.547 e. The van der Waals surface area contributed by atoms with E-state index < -0.39 is 36.7 Å². The molecule has 14 heteroatoms. The van der Waals surface area contributed by atoms with E-state index in [0.717, 1.165) is 12.8 Å². The van der Waals surface area contributed by atoms with Crippen LogP contribution in [-0.4, -0.2) is 84.2 Å². The van der Waals surface area contributed by atoms with E-state index in [-0.39, 0.29) is 54.1 Å². The van der Waals surface area contributed by atoms with Gasteiger partial charge in [0.05, 0.1) is 24.9 Å². The van der Waals surface area contributed by atoms with Crippen LogP contribution in [0.25, 0.3) is 11.2 Å². The average molecular weight is 484 g/mol. The topological polar surface area (TPSA) is 201 Å². The Balaban J connectivity index is 0.00000274. The number of nitrogens with zero attached hydrogens (tertiary/aromatic N) is 4. The maximum atomic E-state index is 11.1. The first-order valence-corrected chi connectivity index (χ1v) is 10.8. The Kier molecular flexibility index (Phi) is 7.45. The second-order valence-corrected chi connectivity index (χ2v) is 8.67. The van der Waals surface area contributed by atoms with Gasteiger partial charge in [0, 0.05) is 12.0 Å². The van der Waals surface area contributed by atoms with Gasteiger partial charge in [-0.05, 0) is 19.3 Å². The van der Waals surface area contributed by atoms with Gasteiger partial charge in [0.1, 0.15) is 24.4 Å². The van der Waals surface area contributed by atoms with Gasteiger partial charge >= 0.3 is 29.6 Å². The molecule has 178 valence electrons. The van der Waals surface area contributed by atoms with Crippen molar-refractivity contribution in [3.63, 3.8) is 0 Å². The van der Waals surface area contributed by atoms with E-state index in [1.807, 2.05) is 16.7 Å².